The van der Waals surface area contributed by atoms with Crippen molar-refractivity contribution in [1.82, 2.24) is 10.6 Å². The van der Waals surface area contributed by atoms with Gasteiger partial charge >= 0.3 is 0 Å². The number of carbonyl (C=O) groups excluding carboxylic acids is 1. The van der Waals surface area contributed by atoms with Crippen LogP contribution in [0.3, 0.4) is 0 Å². The van der Waals surface area contributed by atoms with Crippen LogP contribution in [-0.4, -0.2) is 25.0 Å². The Morgan fingerprint density at radius 2 is 2.28 bits per heavy atom. The van der Waals surface area contributed by atoms with Crippen molar-refractivity contribution in [3.8, 4) is 0 Å². The summed E-state index contributed by atoms with van der Waals surface area (Å²) in [4.78, 5) is 12.2. The Morgan fingerprint density at radius 1 is 1.44 bits per heavy atom. The number of benzene rings is 1. The quantitative estimate of drug-likeness (QED) is 0.881. The number of hydrogen-bond donors (Lipinski definition) is 2. The van der Waals surface area contributed by atoms with Crippen molar-refractivity contribution in [3.63, 3.8) is 0 Å². The van der Waals surface area contributed by atoms with Gasteiger partial charge in [-0.2, -0.15) is 0 Å². The molecule has 0 aromatic heterocycles. The Bertz CT molecular complexity index is 426. The van der Waals surface area contributed by atoms with Crippen molar-refractivity contribution in [2.24, 2.45) is 0 Å². The second-order valence-electron chi connectivity index (χ2n) is 4.85. The molecular formula is C14H19BrN2O. The monoisotopic (exact) mass is 310 g/mol. The minimum atomic E-state index is 0.00979. The zero-order chi connectivity index (χ0) is 13.0. The maximum Gasteiger partial charge on any atom is 0.252 e. The molecule has 0 radical (unpaired) electrons. The lowest BCUT2D eigenvalue weighted by Gasteiger charge is -2.17. The number of halogens is 1. The maximum atomic E-state index is 12.2. The first-order valence-electron chi connectivity index (χ1n) is 6.44. The lowest BCUT2D eigenvalue weighted by atomic mass is 10.1. The van der Waals surface area contributed by atoms with Crippen LogP contribution in [0, 0.1) is 6.92 Å². The molecule has 1 aliphatic rings. The Labute approximate surface area is 116 Å². The fraction of sp³-hybridized carbons (Fsp3) is 0.500. The van der Waals surface area contributed by atoms with Crippen LogP contribution in [0.2, 0.25) is 0 Å². The van der Waals surface area contributed by atoms with Gasteiger partial charge in [-0.3, -0.25) is 4.79 Å². The van der Waals surface area contributed by atoms with Gasteiger partial charge in [0, 0.05) is 17.1 Å². The van der Waals surface area contributed by atoms with Gasteiger partial charge in [0.1, 0.15) is 0 Å². The SMILES string of the molecule is Cc1ccc(C(=O)NC2CCCCNC2)c(Br)c1. The summed E-state index contributed by atoms with van der Waals surface area (Å²) in [5.74, 6) is 0.00979. The molecule has 4 heteroatoms. The predicted molar refractivity (Wildman–Crippen MR) is 76.9 cm³/mol. The average molecular weight is 311 g/mol. The summed E-state index contributed by atoms with van der Waals surface area (Å²) in [6.45, 7) is 3.94. The minimum Gasteiger partial charge on any atom is -0.348 e. The van der Waals surface area contributed by atoms with E-state index in [0.717, 1.165) is 29.5 Å². The van der Waals surface area contributed by atoms with Crippen molar-refractivity contribution in [3.05, 3.63) is 33.8 Å². The molecule has 1 aliphatic heterocycles. The molecule has 2 rings (SSSR count). The normalized spacial score (nSPS) is 20.2. The highest BCUT2D eigenvalue weighted by atomic mass is 79.9. The van der Waals surface area contributed by atoms with Crippen molar-refractivity contribution in [1.29, 1.82) is 0 Å². The Hall–Kier alpha value is -0.870. The van der Waals surface area contributed by atoms with Crippen LogP contribution in [0.5, 0.6) is 0 Å². The summed E-state index contributed by atoms with van der Waals surface area (Å²) in [5.41, 5.74) is 1.86. The van der Waals surface area contributed by atoms with E-state index in [-0.39, 0.29) is 11.9 Å². The van der Waals surface area contributed by atoms with E-state index in [4.69, 9.17) is 0 Å². The molecule has 0 saturated carbocycles. The largest absolute Gasteiger partial charge is 0.348 e. The second kappa shape index (κ2) is 6.34. The van der Waals surface area contributed by atoms with Gasteiger partial charge in [0.05, 0.1) is 5.56 Å². The van der Waals surface area contributed by atoms with Crippen molar-refractivity contribution in [2.45, 2.75) is 32.2 Å². The van der Waals surface area contributed by atoms with Crippen LogP contribution >= 0.6 is 15.9 Å². The van der Waals surface area contributed by atoms with E-state index in [2.05, 4.69) is 26.6 Å². The summed E-state index contributed by atoms with van der Waals surface area (Å²) in [7, 11) is 0. The zero-order valence-electron chi connectivity index (χ0n) is 10.6. The highest BCUT2D eigenvalue weighted by molar-refractivity contribution is 9.10. The standard InChI is InChI=1S/C14H19BrN2O/c1-10-5-6-12(13(15)8-10)14(18)17-11-4-2-3-7-16-9-11/h5-6,8,11,16H,2-4,7,9H2,1H3,(H,17,18). The molecule has 1 aromatic rings. The van der Waals surface area contributed by atoms with Gasteiger partial charge < -0.3 is 10.6 Å². The molecular weight excluding hydrogens is 292 g/mol. The van der Waals surface area contributed by atoms with Crippen molar-refractivity contribution >= 4 is 21.8 Å². The third-order valence-electron chi connectivity index (χ3n) is 3.25. The van der Waals surface area contributed by atoms with E-state index >= 15 is 0 Å². The second-order valence-corrected chi connectivity index (χ2v) is 5.71. The summed E-state index contributed by atoms with van der Waals surface area (Å²) in [5, 5.41) is 6.46. The van der Waals surface area contributed by atoms with Crippen LogP contribution in [-0.2, 0) is 0 Å². The Balaban J connectivity index is 2.02. The number of rotatable bonds is 2. The predicted octanol–water partition coefficient (Wildman–Crippen LogP) is 2.63. The van der Waals surface area contributed by atoms with Crippen molar-refractivity contribution in [2.75, 3.05) is 13.1 Å². The summed E-state index contributed by atoms with van der Waals surface area (Å²) >= 11 is 3.45. The molecule has 0 aliphatic carbocycles. The number of amides is 1. The molecule has 98 valence electrons. The molecule has 2 N–H and O–H groups in total. The van der Waals surface area contributed by atoms with E-state index in [1.165, 1.54) is 12.8 Å². The molecule has 1 saturated heterocycles. The van der Waals surface area contributed by atoms with Crippen LogP contribution in [0.1, 0.15) is 35.2 Å². The Kier molecular flexibility index (Phi) is 4.78. The van der Waals surface area contributed by atoms with Gasteiger partial charge in [-0.1, -0.05) is 12.5 Å². The molecule has 0 bridgehead atoms. The van der Waals surface area contributed by atoms with Crippen LogP contribution < -0.4 is 10.6 Å². The third-order valence-corrected chi connectivity index (χ3v) is 3.91. The number of carbonyl (C=O) groups is 1. The van der Waals surface area contributed by atoms with E-state index in [9.17, 15) is 4.79 Å². The fourth-order valence-corrected chi connectivity index (χ4v) is 2.88. The number of nitrogens with one attached hydrogen (secondary N) is 2. The highest BCUT2D eigenvalue weighted by Crippen LogP contribution is 2.18. The van der Waals surface area contributed by atoms with E-state index in [0.29, 0.717) is 5.56 Å². The van der Waals surface area contributed by atoms with Gasteiger partial charge in [-0.15, -0.1) is 0 Å². The van der Waals surface area contributed by atoms with Gasteiger partial charge in [0.15, 0.2) is 0 Å². The van der Waals surface area contributed by atoms with Gasteiger partial charge in [0.25, 0.3) is 5.91 Å². The molecule has 1 unspecified atom stereocenters. The summed E-state index contributed by atoms with van der Waals surface area (Å²) in [6, 6.07) is 6.05. The highest BCUT2D eigenvalue weighted by Gasteiger charge is 2.16. The summed E-state index contributed by atoms with van der Waals surface area (Å²) < 4.78 is 0.863. The fourth-order valence-electron chi connectivity index (χ4n) is 2.21. The van der Waals surface area contributed by atoms with E-state index < -0.39 is 0 Å². The molecule has 1 heterocycles. The molecule has 1 aromatic carbocycles. The van der Waals surface area contributed by atoms with Gasteiger partial charge in [0.2, 0.25) is 0 Å². The van der Waals surface area contributed by atoms with Gasteiger partial charge in [-0.05, 0) is 59.9 Å². The van der Waals surface area contributed by atoms with Crippen molar-refractivity contribution < 1.29 is 4.79 Å². The molecule has 0 spiro atoms. The first kappa shape index (κ1) is 13.6. The number of aryl methyl sites for hydroxylation is 1. The van der Waals surface area contributed by atoms with Crippen LogP contribution in [0.15, 0.2) is 22.7 Å². The maximum absolute atomic E-state index is 12.2. The van der Waals surface area contributed by atoms with Crippen LogP contribution in [0.4, 0.5) is 0 Å². The Morgan fingerprint density at radius 3 is 3.06 bits per heavy atom. The third kappa shape index (κ3) is 3.56. The van der Waals surface area contributed by atoms with Crippen LogP contribution in [0.25, 0.3) is 0 Å². The first-order chi connectivity index (χ1) is 8.66. The minimum absolute atomic E-state index is 0.00979. The lowest BCUT2D eigenvalue weighted by molar-refractivity contribution is 0.0935. The first-order valence-corrected chi connectivity index (χ1v) is 7.24. The average Bonchev–Trinajstić information content (AvgIpc) is 2.57. The molecule has 18 heavy (non-hydrogen) atoms. The molecule has 1 fully saturated rings. The van der Waals surface area contributed by atoms with E-state index in [1.807, 2.05) is 25.1 Å². The molecule has 3 nitrogen and oxygen atoms in total. The molecule has 1 amide bonds. The number of hydrogen-bond acceptors (Lipinski definition) is 2. The lowest BCUT2D eigenvalue weighted by Crippen LogP contribution is -2.40. The topological polar surface area (TPSA) is 41.1 Å². The summed E-state index contributed by atoms with van der Waals surface area (Å²) in [6.07, 6.45) is 3.43. The molecule has 1 atom stereocenters. The zero-order valence-corrected chi connectivity index (χ0v) is 12.2. The van der Waals surface area contributed by atoms with E-state index in [1.54, 1.807) is 0 Å². The van der Waals surface area contributed by atoms with Gasteiger partial charge in [-0.25, -0.2) is 0 Å². The smallest absolute Gasteiger partial charge is 0.252 e.